The topological polar surface area (TPSA) is 81.1 Å². The van der Waals surface area contributed by atoms with Gasteiger partial charge in [-0.1, -0.05) is 0 Å². The van der Waals surface area contributed by atoms with Crippen LogP contribution in [0.5, 0.6) is 0 Å². The number of amides is 1. The molecule has 0 aromatic carbocycles. The maximum atomic E-state index is 10.7. The number of primary amides is 1. The van der Waals surface area contributed by atoms with Crippen LogP contribution in [0.1, 0.15) is 22.7 Å². The van der Waals surface area contributed by atoms with E-state index in [2.05, 4.69) is 24.4 Å². The zero-order chi connectivity index (χ0) is 11.4. The van der Waals surface area contributed by atoms with Crippen molar-refractivity contribution < 1.29 is 4.79 Å². The van der Waals surface area contributed by atoms with Gasteiger partial charge in [-0.05, 0) is 26.0 Å². The van der Waals surface area contributed by atoms with E-state index in [0.717, 1.165) is 0 Å². The summed E-state index contributed by atoms with van der Waals surface area (Å²) in [5, 5.41) is 3.18. The highest BCUT2D eigenvalue weighted by molar-refractivity contribution is 7.12. The van der Waals surface area contributed by atoms with Gasteiger partial charge in [0.25, 0.3) is 0 Å². The van der Waals surface area contributed by atoms with Gasteiger partial charge in [-0.2, -0.15) is 0 Å². The van der Waals surface area contributed by atoms with Crippen LogP contribution in [0.4, 0.5) is 0 Å². The minimum absolute atomic E-state index is 0.203. The van der Waals surface area contributed by atoms with E-state index in [9.17, 15) is 4.79 Å². The molecule has 0 fully saturated rings. The summed E-state index contributed by atoms with van der Waals surface area (Å²) in [5.41, 5.74) is 10.6. The molecule has 0 aliphatic heterocycles. The van der Waals surface area contributed by atoms with Gasteiger partial charge in [0.05, 0.1) is 6.04 Å². The molecule has 2 atom stereocenters. The van der Waals surface area contributed by atoms with E-state index in [0.29, 0.717) is 6.54 Å². The lowest BCUT2D eigenvalue weighted by Gasteiger charge is -2.14. The minimum Gasteiger partial charge on any atom is -0.368 e. The Bertz CT molecular complexity index is 337. The molecule has 2 unspecified atom stereocenters. The number of thiophene rings is 1. The van der Waals surface area contributed by atoms with Crippen LogP contribution in [0.15, 0.2) is 12.1 Å². The third-order valence-electron chi connectivity index (χ3n) is 2.20. The Morgan fingerprint density at radius 2 is 2.27 bits per heavy atom. The largest absolute Gasteiger partial charge is 0.368 e. The highest BCUT2D eigenvalue weighted by Crippen LogP contribution is 2.21. The van der Waals surface area contributed by atoms with Crippen LogP contribution in [0.3, 0.4) is 0 Å². The Kier molecular flexibility index (Phi) is 4.26. The van der Waals surface area contributed by atoms with E-state index in [1.165, 1.54) is 9.75 Å². The fraction of sp³-hybridized carbons (Fsp3) is 0.500. The second kappa shape index (κ2) is 5.25. The molecule has 0 spiro atoms. The van der Waals surface area contributed by atoms with Crippen molar-refractivity contribution in [3.63, 3.8) is 0 Å². The summed E-state index contributed by atoms with van der Waals surface area (Å²) in [6.45, 7) is 4.52. The van der Waals surface area contributed by atoms with Crippen molar-refractivity contribution in [3.8, 4) is 0 Å². The van der Waals surface area contributed by atoms with Gasteiger partial charge in [0.1, 0.15) is 0 Å². The molecule has 4 nitrogen and oxygen atoms in total. The summed E-state index contributed by atoms with van der Waals surface area (Å²) in [4.78, 5) is 13.2. The summed E-state index contributed by atoms with van der Waals surface area (Å²) >= 11 is 1.74. The number of carbonyl (C=O) groups excluding carboxylic acids is 1. The molecule has 0 aliphatic carbocycles. The molecule has 84 valence electrons. The van der Waals surface area contributed by atoms with Gasteiger partial charge >= 0.3 is 0 Å². The summed E-state index contributed by atoms with van der Waals surface area (Å²) in [6.07, 6.45) is 0. The van der Waals surface area contributed by atoms with Crippen LogP contribution in [0, 0.1) is 6.92 Å². The molecule has 1 amide bonds. The van der Waals surface area contributed by atoms with Crippen molar-refractivity contribution in [2.75, 3.05) is 6.54 Å². The van der Waals surface area contributed by atoms with Crippen LogP contribution in [0.25, 0.3) is 0 Å². The normalized spacial score (nSPS) is 14.9. The number of nitrogens with two attached hydrogens (primary N) is 2. The van der Waals surface area contributed by atoms with Crippen molar-refractivity contribution in [3.05, 3.63) is 21.9 Å². The number of hydrogen-bond donors (Lipinski definition) is 3. The lowest BCUT2D eigenvalue weighted by molar-refractivity contribution is -0.119. The molecule has 1 aromatic heterocycles. The van der Waals surface area contributed by atoms with Crippen molar-refractivity contribution in [2.24, 2.45) is 11.5 Å². The standard InChI is InChI=1S/C10H17N3OS/c1-6-3-4-9(15-6)7(2)13-5-8(11)10(12)14/h3-4,7-8,13H,5,11H2,1-2H3,(H2,12,14). The molecule has 15 heavy (non-hydrogen) atoms. The van der Waals surface area contributed by atoms with Crippen LogP contribution in [-0.4, -0.2) is 18.5 Å². The zero-order valence-corrected chi connectivity index (χ0v) is 9.80. The summed E-state index contributed by atoms with van der Waals surface area (Å²) in [6, 6.07) is 3.74. The van der Waals surface area contributed by atoms with Gasteiger partial charge in [-0.3, -0.25) is 4.79 Å². The van der Waals surface area contributed by atoms with Crippen molar-refractivity contribution in [1.82, 2.24) is 5.32 Å². The molecular weight excluding hydrogens is 210 g/mol. The smallest absolute Gasteiger partial charge is 0.235 e. The zero-order valence-electron chi connectivity index (χ0n) is 8.99. The Labute approximate surface area is 93.7 Å². The van der Waals surface area contributed by atoms with E-state index >= 15 is 0 Å². The van der Waals surface area contributed by atoms with E-state index in [1.54, 1.807) is 11.3 Å². The number of aryl methyl sites for hydroxylation is 1. The average molecular weight is 227 g/mol. The number of nitrogens with one attached hydrogen (secondary N) is 1. The second-order valence-electron chi connectivity index (χ2n) is 3.59. The molecule has 1 heterocycles. The highest BCUT2D eigenvalue weighted by atomic mass is 32.1. The first-order chi connectivity index (χ1) is 7.00. The minimum atomic E-state index is -0.617. The summed E-state index contributed by atoms with van der Waals surface area (Å²) in [7, 11) is 0. The summed E-state index contributed by atoms with van der Waals surface area (Å²) in [5.74, 6) is -0.475. The molecule has 1 aromatic rings. The molecule has 0 saturated heterocycles. The van der Waals surface area contributed by atoms with Crippen molar-refractivity contribution in [1.29, 1.82) is 0 Å². The van der Waals surface area contributed by atoms with Crippen LogP contribution in [0.2, 0.25) is 0 Å². The van der Waals surface area contributed by atoms with Crippen molar-refractivity contribution in [2.45, 2.75) is 25.9 Å². The Balaban J connectivity index is 2.43. The lowest BCUT2D eigenvalue weighted by atomic mass is 10.2. The predicted octanol–water partition coefficient (Wildman–Crippen LogP) is 0.520. The molecule has 5 N–H and O–H groups in total. The Morgan fingerprint density at radius 3 is 2.73 bits per heavy atom. The maximum absolute atomic E-state index is 10.7. The van der Waals surface area contributed by atoms with Gasteiger partial charge in [0, 0.05) is 22.3 Å². The molecule has 0 bridgehead atoms. The monoisotopic (exact) mass is 227 g/mol. The third kappa shape index (κ3) is 3.62. The predicted molar refractivity (Wildman–Crippen MR) is 62.6 cm³/mol. The Hall–Kier alpha value is -0.910. The molecule has 1 rings (SSSR count). The second-order valence-corrected chi connectivity index (χ2v) is 4.91. The molecular formula is C10H17N3OS. The first kappa shape index (κ1) is 12.2. The molecule has 5 heteroatoms. The van der Waals surface area contributed by atoms with Crippen molar-refractivity contribution >= 4 is 17.2 Å². The first-order valence-corrected chi connectivity index (χ1v) is 5.67. The molecule has 0 radical (unpaired) electrons. The van der Waals surface area contributed by atoms with Crippen LogP contribution in [-0.2, 0) is 4.79 Å². The average Bonchev–Trinajstić information content (AvgIpc) is 2.60. The van der Waals surface area contributed by atoms with Gasteiger partial charge in [0.15, 0.2) is 0 Å². The number of carbonyl (C=O) groups is 1. The summed E-state index contributed by atoms with van der Waals surface area (Å²) < 4.78 is 0. The van der Waals surface area contributed by atoms with E-state index in [-0.39, 0.29) is 6.04 Å². The molecule has 0 aliphatic rings. The van der Waals surface area contributed by atoms with Gasteiger partial charge in [-0.15, -0.1) is 11.3 Å². The molecule has 0 saturated carbocycles. The van der Waals surface area contributed by atoms with Crippen LogP contribution < -0.4 is 16.8 Å². The SMILES string of the molecule is Cc1ccc(C(C)NCC(N)C(N)=O)s1. The number of hydrogen-bond acceptors (Lipinski definition) is 4. The third-order valence-corrected chi connectivity index (χ3v) is 3.38. The quantitative estimate of drug-likeness (QED) is 0.686. The highest BCUT2D eigenvalue weighted by Gasteiger charge is 2.12. The van der Waals surface area contributed by atoms with Gasteiger partial charge in [-0.25, -0.2) is 0 Å². The van der Waals surface area contributed by atoms with E-state index in [1.807, 2.05) is 6.92 Å². The maximum Gasteiger partial charge on any atom is 0.235 e. The van der Waals surface area contributed by atoms with E-state index in [4.69, 9.17) is 11.5 Å². The lowest BCUT2D eigenvalue weighted by Crippen LogP contribution is -2.44. The van der Waals surface area contributed by atoms with Crippen LogP contribution >= 0.6 is 11.3 Å². The first-order valence-electron chi connectivity index (χ1n) is 4.85. The number of rotatable bonds is 5. The fourth-order valence-corrected chi connectivity index (χ4v) is 2.10. The fourth-order valence-electron chi connectivity index (χ4n) is 1.19. The van der Waals surface area contributed by atoms with Gasteiger partial charge in [0.2, 0.25) is 5.91 Å². The van der Waals surface area contributed by atoms with Gasteiger partial charge < -0.3 is 16.8 Å². The van der Waals surface area contributed by atoms with E-state index < -0.39 is 11.9 Å². The Morgan fingerprint density at radius 1 is 1.60 bits per heavy atom.